The summed E-state index contributed by atoms with van der Waals surface area (Å²) >= 11 is 0. The highest BCUT2D eigenvalue weighted by atomic mass is 32.2. The van der Waals surface area contributed by atoms with E-state index in [0.717, 1.165) is 0 Å². The maximum Gasteiger partial charge on any atom is 0.523 e. The summed E-state index contributed by atoms with van der Waals surface area (Å²) < 4.78 is 74.0. The molecule has 0 unspecified atom stereocenters. The van der Waals surface area contributed by atoms with Crippen molar-refractivity contribution in [1.29, 1.82) is 0 Å². The van der Waals surface area contributed by atoms with E-state index in [0.29, 0.717) is 26.1 Å². The van der Waals surface area contributed by atoms with Crippen LogP contribution in [0.5, 0.6) is 0 Å². The Hall–Kier alpha value is -0.710. The molecule has 0 radical (unpaired) electrons. The van der Waals surface area contributed by atoms with Gasteiger partial charge in [0.25, 0.3) is 0 Å². The Balaban J connectivity index is 2.07. The molecule has 0 aromatic heterocycles. The van der Waals surface area contributed by atoms with Crippen molar-refractivity contribution in [2.45, 2.75) is 43.9 Å². The van der Waals surface area contributed by atoms with Crippen LogP contribution < -0.4 is 0 Å². The van der Waals surface area contributed by atoms with Crippen LogP contribution in [0.4, 0.5) is 13.2 Å². The van der Waals surface area contributed by atoms with Crippen molar-refractivity contribution >= 4 is 15.9 Å². The summed E-state index contributed by atoms with van der Waals surface area (Å²) in [6.45, 7) is 1.25. The molecule has 0 N–H and O–H groups in total. The standard InChI is InChI=1S/C12H17F3O6S/c1-9(16)10(8-21-22(17,18)12(13,14)15)2-4-11(5-3-10)19-6-7-20-11/h2-8H2,1H3. The second-order valence-corrected chi connectivity index (χ2v) is 7.21. The van der Waals surface area contributed by atoms with Crippen LogP contribution in [0.2, 0.25) is 0 Å². The van der Waals surface area contributed by atoms with Crippen molar-refractivity contribution in [1.82, 2.24) is 0 Å². The van der Waals surface area contributed by atoms with E-state index < -0.39 is 39.2 Å². The van der Waals surface area contributed by atoms with E-state index in [1.807, 2.05) is 0 Å². The number of alkyl halides is 3. The summed E-state index contributed by atoms with van der Waals surface area (Å²) in [6.07, 6.45) is 0.912. The van der Waals surface area contributed by atoms with Gasteiger partial charge < -0.3 is 9.47 Å². The summed E-state index contributed by atoms with van der Waals surface area (Å²) in [4.78, 5) is 11.9. The van der Waals surface area contributed by atoms with Crippen LogP contribution in [0.1, 0.15) is 32.6 Å². The lowest BCUT2D eigenvalue weighted by Crippen LogP contribution is -2.46. The number of hydrogen-bond acceptors (Lipinski definition) is 6. The molecule has 0 atom stereocenters. The molecule has 0 aromatic rings. The first-order chi connectivity index (χ1) is 10.0. The molecular formula is C12H17F3O6S. The number of rotatable bonds is 4. The van der Waals surface area contributed by atoms with E-state index in [4.69, 9.17) is 9.47 Å². The first-order valence-electron chi connectivity index (χ1n) is 6.77. The third-order valence-electron chi connectivity index (χ3n) is 4.30. The van der Waals surface area contributed by atoms with Gasteiger partial charge in [0.1, 0.15) is 5.78 Å². The number of ketones is 1. The molecule has 2 fully saturated rings. The van der Waals surface area contributed by atoms with Crippen molar-refractivity contribution in [2.75, 3.05) is 19.8 Å². The van der Waals surface area contributed by atoms with Crippen LogP contribution in [0.25, 0.3) is 0 Å². The van der Waals surface area contributed by atoms with Crippen LogP contribution in [0.3, 0.4) is 0 Å². The first kappa shape index (κ1) is 17.6. The second kappa shape index (κ2) is 5.73. The maximum absolute atomic E-state index is 12.3. The Kier molecular flexibility index (Phi) is 4.60. The number of Topliss-reactive ketones (excluding diaryl/α,β-unsaturated/α-hetero) is 1. The largest absolute Gasteiger partial charge is 0.523 e. The number of carbonyl (C=O) groups is 1. The lowest BCUT2D eigenvalue weighted by atomic mass is 9.70. The monoisotopic (exact) mass is 346 g/mol. The average molecular weight is 346 g/mol. The predicted octanol–water partition coefficient (Wildman–Crippen LogP) is 1.75. The first-order valence-corrected chi connectivity index (χ1v) is 8.18. The zero-order valence-electron chi connectivity index (χ0n) is 11.9. The van der Waals surface area contributed by atoms with Gasteiger partial charge in [-0.15, -0.1) is 0 Å². The minimum Gasteiger partial charge on any atom is -0.348 e. The second-order valence-electron chi connectivity index (χ2n) is 5.61. The smallest absolute Gasteiger partial charge is 0.348 e. The van der Waals surface area contributed by atoms with Gasteiger partial charge in [-0.25, -0.2) is 0 Å². The van der Waals surface area contributed by atoms with Gasteiger partial charge in [0.05, 0.1) is 25.2 Å². The summed E-state index contributed by atoms with van der Waals surface area (Å²) in [5.74, 6) is -1.21. The van der Waals surface area contributed by atoms with E-state index >= 15 is 0 Å². The molecule has 1 aliphatic heterocycles. The molecule has 10 heteroatoms. The molecule has 6 nitrogen and oxygen atoms in total. The fourth-order valence-corrected chi connectivity index (χ4v) is 3.26. The van der Waals surface area contributed by atoms with Gasteiger partial charge in [-0.1, -0.05) is 0 Å². The summed E-state index contributed by atoms with van der Waals surface area (Å²) in [5, 5.41) is 0. The normalized spacial score (nSPS) is 24.5. The van der Waals surface area contributed by atoms with Crippen LogP contribution in [-0.2, 0) is 28.6 Å². The van der Waals surface area contributed by atoms with Crippen molar-refractivity contribution in [2.24, 2.45) is 5.41 Å². The van der Waals surface area contributed by atoms with Crippen LogP contribution in [0.15, 0.2) is 0 Å². The van der Waals surface area contributed by atoms with Gasteiger partial charge >= 0.3 is 15.6 Å². The minimum atomic E-state index is -5.71. The molecule has 1 aliphatic carbocycles. The molecule has 128 valence electrons. The number of carbonyl (C=O) groups excluding carboxylic acids is 1. The van der Waals surface area contributed by atoms with Gasteiger partial charge in [-0.3, -0.25) is 8.98 Å². The molecule has 0 bridgehead atoms. The minimum absolute atomic E-state index is 0.149. The quantitative estimate of drug-likeness (QED) is 0.570. The molecule has 2 rings (SSSR count). The third kappa shape index (κ3) is 3.29. The average Bonchev–Trinajstić information content (AvgIpc) is 2.86. The van der Waals surface area contributed by atoms with Gasteiger partial charge in [-0.2, -0.15) is 21.6 Å². The van der Waals surface area contributed by atoms with Gasteiger partial charge in [0.15, 0.2) is 5.79 Å². The van der Waals surface area contributed by atoms with Crippen molar-refractivity contribution in [3.63, 3.8) is 0 Å². The zero-order valence-corrected chi connectivity index (χ0v) is 12.8. The highest BCUT2D eigenvalue weighted by Crippen LogP contribution is 2.46. The summed E-state index contributed by atoms with van der Waals surface area (Å²) in [7, 11) is -5.71. The Morgan fingerprint density at radius 1 is 1.14 bits per heavy atom. The molecule has 1 spiro atoms. The lowest BCUT2D eigenvalue weighted by Gasteiger charge is -2.41. The van der Waals surface area contributed by atoms with E-state index in [1.54, 1.807) is 0 Å². The number of halogens is 3. The van der Waals surface area contributed by atoms with Crippen LogP contribution in [-0.4, -0.2) is 45.3 Å². The Labute approximate surface area is 126 Å². The number of hydrogen-bond donors (Lipinski definition) is 0. The van der Waals surface area contributed by atoms with Crippen LogP contribution >= 0.6 is 0 Å². The molecular weight excluding hydrogens is 329 g/mol. The molecule has 0 aromatic carbocycles. The van der Waals surface area contributed by atoms with Gasteiger partial charge in [0.2, 0.25) is 0 Å². The molecule has 22 heavy (non-hydrogen) atoms. The van der Waals surface area contributed by atoms with E-state index in [9.17, 15) is 26.4 Å². The molecule has 1 saturated heterocycles. The van der Waals surface area contributed by atoms with Crippen molar-refractivity contribution < 1.29 is 40.0 Å². The fraction of sp³-hybridized carbons (Fsp3) is 0.917. The fourth-order valence-electron chi connectivity index (χ4n) is 2.75. The Morgan fingerprint density at radius 2 is 1.64 bits per heavy atom. The lowest BCUT2D eigenvalue weighted by molar-refractivity contribution is -0.194. The van der Waals surface area contributed by atoms with E-state index in [1.165, 1.54) is 6.92 Å². The number of ether oxygens (including phenoxy) is 2. The third-order valence-corrected chi connectivity index (χ3v) is 5.30. The van der Waals surface area contributed by atoms with Crippen molar-refractivity contribution in [3.8, 4) is 0 Å². The van der Waals surface area contributed by atoms with E-state index in [2.05, 4.69) is 4.18 Å². The molecule has 0 amide bonds. The molecule has 2 aliphatic rings. The Morgan fingerprint density at radius 3 is 2.05 bits per heavy atom. The topological polar surface area (TPSA) is 78.9 Å². The summed E-state index contributed by atoms with van der Waals surface area (Å²) in [6, 6.07) is 0. The van der Waals surface area contributed by atoms with Gasteiger partial charge in [0, 0.05) is 12.8 Å². The molecule has 1 heterocycles. The van der Waals surface area contributed by atoms with Crippen LogP contribution in [0, 0.1) is 5.41 Å². The maximum atomic E-state index is 12.3. The predicted molar refractivity (Wildman–Crippen MR) is 67.1 cm³/mol. The van der Waals surface area contributed by atoms with Crippen molar-refractivity contribution in [3.05, 3.63) is 0 Å². The summed E-state index contributed by atoms with van der Waals surface area (Å²) in [5.41, 5.74) is -6.77. The Bertz CT molecular complexity index is 526. The van der Waals surface area contributed by atoms with E-state index in [-0.39, 0.29) is 12.8 Å². The highest BCUT2D eigenvalue weighted by Gasteiger charge is 2.52. The highest BCUT2D eigenvalue weighted by molar-refractivity contribution is 7.87. The molecule has 1 saturated carbocycles. The van der Waals surface area contributed by atoms with Gasteiger partial charge in [-0.05, 0) is 19.8 Å². The SMILES string of the molecule is CC(=O)C1(COS(=O)(=O)C(F)(F)F)CCC2(CC1)OCCO2. The zero-order chi connectivity index (χ0) is 16.6.